The Bertz CT molecular complexity index is 402. The van der Waals surface area contributed by atoms with Gasteiger partial charge >= 0.3 is 0 Å². The zero-order valence-electron chi connectivity index (χ0n) is 11.8. The lowest BCUT2D eigenvalue weighted by Gasteiger charge is -2.34. The van der Waals surface area contributed by atoms with Gasteiger partial charge in [-0.1, -0.05) is 0 Å². The summed E-state index contributed by atoms with van der Waals surface area (Å²) in [5, 5.41) is 3.33. The van der Waals surface area contributed by atoms with E-state index in [1.165, 1.54) is 0 Å². The van der Waals surface area contributed by atoms with Crippen LogP contribution in [0.5, 0.6) is 5.88 Å². The molecule has 0 radical (unpaired) electrons. The predicted molar refractivity (Wildman–Crippen MR) is 73.5 cm³/mol. The molecule has 0 aliphatic carbocycles. The van der Waals surface area contributed by atoms with E-state index in [-0.39, 0.29) is 12.1 Å². The molecule has 0 saturated carbocycles. The van der Waals surface area contributed by atoms with Gasteiger partial charge in [0.1, 0.15) is 5.82 Å². The lowest BCUT2D eigenvalue weighted by molar-refractivity contribution is -0.0260. The summed E-state index contributed by atoms with van der Waals surface area (Å²) in [6.45, 7) is 7.30. The molecule has 106 valence electrons. The molecule has 1 aromatic heterocycles. The SMILES string of the molecule is CCOc1cncc(NC(C)C2CN(C)CCO2)n1. The molecule has 2 heterocycles. The molecule has 2 unspecified atom stereocenters. The van der Waals surface area contributed by atoms with Gasteiger partial charge in [0.15, 0.2) is 0 Å². The molecule has 0 amide bonds. The molecule has 6 nitrogen and oxygen atoms in total. The Morgan fingerprint density at radius 3 is 3.16 bits per heavy atom. The van der Waals surface area contributed by atoms with Gasteiger partial charge in [0.25, 0.3) is 0 Å². The van der Waals surface area contributed by atoms with Gasteiger partial charge in [-0.2, -0.15) is 4.98 Å². The Labute approximate surface area is 114 Å². The maximum Gasteiger partial charge on any atom is 0.234 e. The van der Waals surface area contributed by atoms with Crippen LogP contribution in [0.25, 0.3) is 0 Å². The number of ether oxygens (including phenoxy) is 2. The third-order valence-corrected chi connectivity index (χ3v) is 3.13. The van der Waals surface area contributed by atoms with Crippen molar-refractivity contribution in [1.82, 2.24) is 14.9 Å². The summed E-state index contributed by atoms with van der Waals surface area (Å²) < 4.78 is 11.1. The first-order valence-corrected chi connectivity index (χ1v) is 6.70. The normalized spacial score (nSPS) is 21.9. The van der Waals surface area contributed by atoms with Crippen molar-refractivity contribution < 1.29 is 9.47 Å². The fourth-order valence-electron chi connectivity index (χ4n) is 2.07. The van der Waals surface area contributed by atoms with Gasteiger partial charge in [-0.05, 0) is 20.9 Å². The summed E-state index contributed by atoms with van der Waals surface area (Å²) in [6.07, 6.45) is 3.48. The zero-order valence-corrected chi connectivity index (χ0v) is 11.8. The van der Waals surface area contributed by atoms with Crippen molar-refractivity contribution >= 4 is 5.82 Å². The molecule has 1 fully saturated rings. The highest BCUT2D eigenvalue weighted by Gasteiger charge is 2.23. The quantitative estimate of drug-likeness (QED) is 0.858. The second kappa shape index (κ2) is 6.68. The number of rotatable bonds is 5. The largest absolute Gasteiger partial charge is 0.477 e. The van der Waals surface area contributed by atoms with Crippen LogP contribution in [0.1, 0.15) is 13.8 Å². The van der Waals surface area contributed by atoms with Crippen molar-refractivity contribution in [2.45, 2.75) is 26.0 Å². The molecule has 1 aliphatic heterocycles. The standard InChI is InChI=1S/C13H22N4O2/c1-4-18-13-8-14-7-12(16-13)15-10(2)11-9-17(3)5-6-19-11/h7-8,10-11H,4-6,9H2,1-3H3,(H,15,16). The number of hydrogen-bond donors (Lipinski definition) is 1. The monoisotopic (exact) mass is 266 g/mol. The molecular weight excluding hydrogens is 244 g/mol. The Kier molecular flexibility index (Phi) is 4.93. The maximum absolute atomic E-state index is 5.78. The molecule has 0 bridgehead atoms. The average molecular weight is 266 g/mol. The maximum atomic E-state index is 5.78. The smallest absolute Gasteiger partial charge is 0.234 e. The summed E-state index contributed by atoms with van der Waals surface area (Å²) in [5.74, 6) is 1.26. The Morgan fingerprint density at radius 2 is 2.42 bits per heavy atom. The van der Waals surface area contributed by atoms with Crippen molar-refractivity contribution in [3.63, 3.8) is 0 Å². The van der Waals surface area contributed by atoms with Crippen molar-refractivity contribution in [2.75, 3.05) is 38.7 Å². The molecule has 2 rings (SSSR count). The zero-order chi connectivity index (χ0) is 13.7. The number of morpholine rings is 1. The molecular formula is C13H22N4O2. The molecule has 0 spiro atoms. The van der Waals surface area contributed by atoms with Gasteiger partial charge in [-0.15, -0.1) is 0 Å². The minimum atomic E-state index is 0.163. The van der Waals surface area contributed by atoms with E-state index in [1.807, 2.05) is 6.92 Å². The summed E-state index contributed by atoms with van der Waals surface area (Å²) in [6, 6.07) is 0.175. The van der Waals surface area contributed by atoms with Crippen LogP contribution in [0.2, 0.25) is 0 Å². The van der Waals surface area contributed by atoms with E-state index >= 15 is 0 Å². The third kappa shape index (κ3) is 4.04. The van der Waals surface area contributed by atoms with Gasteiger partial charge in [0.05, 0.1) is 37.8 Å². The van der Waals surface area contributed by atoms with Crippen molar-refractivity contribution in [2.24, 2.45) is 0 Å². The summed E-state index contributed by atoms with van der Waals surface area (Å²) in [4.78, 5) is 10.7. The van der Waals surface area contributed by atoms with E-state index in [9.17, 15) is 0 Å². The Hall–Kier alpha value is -1.40. The summed E-state index contributed by atoms with van der Waals surface area (Å²) in [7, 11) is 2.11. The van der Waals surface area contributed by atoms with Gasteiger partial charge in [-0.3, -0.25) is 4.98 Å². The molecule has 0 aromatic carbocycles. The van der Waals surface area contributed by atoms with Crippen molar-refractivity contribution in [1.29, 1.82) is 0 Å². The first-order valence-electron chi connectivity index (χ1n) is 6.70. The van der Waals surface area contributed by atoms with E-state index < -0.39 is 0 Å². The highest BCUT2D eigenvalue weighted by atomic mass is 16.5. The van der Waals surface area contributed by atoms with Crippen LogP contribution in [0.3, 0.4) is 0 Å². The highest BCUT2D eigenvalue weighted by molar-refractivity contribution is 5.34. The van der Waals surface area contributed by atoms with Crippen LogP contribution in [-0.4, -0.2) is 60.4 Å². The van der Waals surface area contributed by atoms with Gasteiger partial charge in [0.2, 0.25) is 5.88 Å². The number of hydrogen-bond acceptors (Lipinski definition) is 6. The van der Waals surface area contributed by atoms with Crippen LogP contribution in [0.15, 0.2) is 12.4 Å². The molecule has 2 atom stereocenters. The lowest BCUT2D eigenvalue weighted by Crippen LogP contribution is -2.47. The minimum absolute atomic E-state index is 0.163. The molecule has 1 saturated heterocycles. The van der Waals surface area contributed by atoms with E-state index in [0.29, 0.717) is 12.5 Å². The molecule has 19 heavy (non-hydrogen) atoms. The molecule has 1 aromatic rings. The number of likely N-dealkylation sites (N-methyl/N-ethyl adjacent to an activating group) is 1. The summed E-state index contributed by atoms with van der Waals surface area (Å²) >= 11 is 0. The minimum Gasteiger partial charge on any atom is -0.477 e. The van der Waals surface area contributed by atoms with Gasteiger partial charge in [0, 0.05) is 13.1 Å². The van der Waals surface area contributed by atoms with E-state index in [4.69, 9.17) is 9.47 Å². The topological polar surface area (TPSA) is 59.5 Å². The predicted octanol–water partition coefficient (Wildman–Crippen LogP) is 1.01. The van der Waals surface area contributed by atoms with E-state index in [1.54, 1.807) is 12.4 Å². The fraction of sp³-hybridized carbons (Fsp3) is 0.692. The molecule has 1 aliphatic rings. The van der Waals surface area contributed by atoms with Gasteiger partial charge in [-0.25, -0.2) is 0 Å². The fourth-order valence-corrected chi connectivity index (χ4v) is 2.07. The average Bonchev–Trinajstić information content (AvgIpc) is 2.39. The second-order valence-corrected chi connectivity index (χ2v) is 4.78. The van der Waals surface area contributed by atoms with E-state index in [2.05, 4.69) is 34.2 Å². The number of nitrogens with zero attached hydrogens (tertiary/aromatic N) is 3. The Morgan fingerprint density at radius 1 is 1.58 bits per heavy atom. The van der Waals surface area contributed by atoms with Crippen LogP contribution in [0.4, 0.5) is 5.82 Å². The van der Waals surface area contributed by atoms with Crippen LogP contribution >= 0.6 is 0 Å². The van der Waals surface area contributed by atoms with Crippen LogP contribution in [0, 0.1) is 0 Å². The Balaban J connectivity index is 1.94. The first-order chi connectivity index (χ1) is 9.19. The van der Waals surface area contributed by atoms with Gasteiger partial charge < -0.3 is 19.7 Å². The van der Waals surface area contributed by atoms with Crippen molar-refractivity contribution in [3.05, 3.63) is 12.4 Å². The van der Waals surface area contributed by atoms with E-state index in [0.717, 1.165) is 25.5 Å². The lowest BCUT2D eigenvalue weighted by atomic mass is 10.1. The first kappa shape index (κ1) is 14.0. The van der Waals surface area contributed by atoms with Crippen molar-refractivity contribution in [3.8, 4) is 5.88 Å². The van der Waals surface area contributed by atoms with Crippen LogP contribution < -0.4 is 10.1 Å². The molecule has 1 N–H and O–H groups in total. The third-order valence-electron chi connectivity index (χ3n) is 3.13. The summed E-state index contributed by atoms with van der Waals surface area (Å²) in [5.41, 5.74) is 0. The highest BCUT2D eigenvalue weighted by Crippen LogP contribution is 2.14. The number of anilines is 1. The molecule has 6 heteroatoms. The van der Waals surface area contributed by atoms with Crippen LogP contribution in [-0.2, 0) is 4.74 Å². The number of aromatic nitrogens is 2. The second-order valence-electron chi connectivity index (χ2n) is 4.78. The number of nitrogens with one attached hydrogen (secondary N) is 1.